The van der Waals surface area contributed by atoms with Crippen LogP contribution in [0.4, 0.5) is 4.79 Å². The number of hydrogen-bond acceptors (Lipinski definition) is 5. The van der Waals surface area contributed by atoms with Gasteiger partial charge in [0.2, 0.25) is 6.79 Å². The molecule has 2 aromatic rings. The van der Waals surface area contributed by atoms with Gasteiger partial charge in [-0.2, -0.15) is 0 Å². The van der Waals surface area contributed by atoms with E-state index >= 15 is 0 Å². The number of esters is 1. The number of hydrogen-bond donors (Lipinski definition) is 1. The molecule has 2 aromatic carbocycles. The molecule has 2 aliphatic heterocycles. The number of nitrogens with one attached hydrogen (secondary N) is 1. The highest BCUT2D eigenvalue weighted by Gasteiger charge is 2.38. The van der Waals surface area contributed by atoms with Crippen LogP contribution in [-0.4, -0.2) is 24.5 Å². The number of aliphatic imine (C=N–C) groups is 1. The van der Waals surface area contributed by atoms with Crippen LogP contribution in [0.5, 0.6) is 11.5 Å². The van der Waals surface area contributed by atoms with Crippen molar-refractivity contribution in [1.82, 2.24) is 5.32 Å². The Morgan fingerprint density at radius 3 is 2.75 bits per heavy atom. The lowest BCUT2D eigenvalue weighted by atomic mass is 9.88. The molecule has 1 N–H and O–H groups in total. The molecule has 2 aliphatic rings. The summed E-state index contributed by atoms with van der Waals surface area (Å²) in [6.45, 7) is 1.90. The number of fused-ring (bicyclic) bond motifs is 1. The topological polar surface area (TPSA) is 86.2 Å². The van der Waals surface area contributed by atoms with Crippen LogP contribution in [-0.2, 0) is 16.1 Å². The van der Waals surface area contributed by atoms with Crippen molar-refractivity contribution in [3.63, 3.8) is 0 Å². The first-order valence-corrected chi connectivity index (χ1v) is 9.05. The molecule has 7 nitrogen and oxygen atoms in total. The highest BCUT2D eigenvalue weighted by Crippen LogP contribution is 2.33. The average molecular weight is 401 g/mol. The number of nitrogens with zero attached hydrogens (tertiary/aromatic N) is 1. The zero-order valence-electron chi connectivity index (χ0n) is 15.0. The van der Waals surface area contributed by atoms with Crippen molar-refractivity contribution in [2.45, 2.75) is 19.6 Å². The number of rotatable bonds is 4. The molecule has 2 amide bonds. The van der Waals surface area contributed by atoms with Gasteiger partial charge in [0.05, 0.1) is 6.04 Å². The summed E-state index contributed by atoms with van der Waals surface area (Å²) < 4.78 is 16.1. The normalized spacial score (nSPS) is 20.4. The first kappa shape index (κ1) is 18.3. The van der Waals surface area contributed by atoms with Crippen LogP contribution in [0.25, 0.3) is 0 Å². The third-order valence-corrected chi connectivity index (χ3v) is 4.89. The number of halogens is 1. The van der Waals surface area contributed by atoms with Crippen LogP contribution in [0.15, 0.2) is 47.5 Å². The molecule has 0 aliphatic carbocycles. The Kier molecular flexibility index (Phi) is 4.92. The lowest BCUT2D eigenvalue weighted by molar-refractivity contribution is -0.148. The van der Waals surface area contributed by atoms with Crippen molar-refractivity contribution in [2.75, 3.05) is 6.79 Å². The predicted octanol–water partition coefficient (Wildman–Crippen LogP) is 3.65. The number of urea groups is 1. The van der Waals surface area contributed by atoms with Gasteiger partial charge in [0, 0.05) is 10.7 Å². The number of ether oxygens (including phenoxy) is 3. The van der Waals surface area contributed by atoms with Crippen molar-refractivity contribution in [3.05, 3.63) is 58.6 Å². The van der Waals surface area contributed by atoms with E-state index in [9.17, 15) is 9.59 Å². The molecule has 2 atom stereocenters. The van der Waals surface area contributed by atoms with Crippen LogP contribution in [0.3, 0.4) is 0 Å². The Balaban J connectivity index is 1.52. The summed E-state index contributed by atoms with van der Waals surface area (Å²) in [6.07, 6.45) is 0. The molecule has 2 heterocycles. The molecule has 0 saturated heterocycles. The Hall–Kier alpha value is -3.06. The molecule has 144 valence electrons. The molecule has 0 saturated carbocycles. The van der Waals surface area contributed by atoms with E-state index in [1.807, 2.05) is 0 Å². The third kappa shape index (κ3) is 3.66. The monoisotopic (exact) mass is 400 g/mol. The van der Waals surface area contributed by atoms with E-state index in [1.54, 1.807) is 49.4 Å². The lowest BCUT2D eigenvalue weighted by Gasteiger charge is -2.29. The van der Waals surface area contributed by atoms with Gasteiger partial charge >= 0.3 is 12.0 Å². The summed E-state index contributed by atoms with van der Waals surface area (Å²) in [5, 5.41) is 3.31. The minimum Gasteiger partial charge on any atom is -0.460 e. The quantitative estimate of drug-likeness (QED) is 0.791. The Bertz CT molecular complexity index is 958. The van der Waals surface area contributed by atoms with Gasteiger partial charge in [-0.15, -0.1) is 0 Å². The van der Waals surface area contributed by atoms with Crippen molar-refractivity contribution in [3.8, 4) is 11.5 Å². The fraction of sp³-hybridized carbons (Fsp3) is 0.250. The lowest BCUT2D eigenvalue weighted by Crippen LogP contribution is -2.44. The van der Waals surface area contributed by atoms with Gasteiger partial charge in [-0.25, -0.2) is 9.79 Å². The zero-order chi connectivity index (χ0) is 19.7. The van der Waals surface area contributed by atoms with Gasteiger partial charge in [0.1, 0.15) is 12.5 Å². The molecule has 0 aromatic heterocycles. The van der Waals surface area contributed by atoms with Crippen molar-refractivity contribution in [2.24, 2.45) is 10.9 Å². The standard InChI is InChI=1S/C20H17ClN2O5/c1-11-17(18(23-20(25)22-11)13-3-5-14(21)6-4-13)19(24)26-9-12-2-7-15-16(8-12)28-10-27-15/h2-8,17-18H,9-10H2,1H3,(H,23,25). The molecule has 0 radical (unpaired) electrons. The molecule has 28 heavy (non-hydrogen) atoms. The summed E-state index contributed by atoms with van der Waals surface area (Å²) in [5.41, 5.74) is 1.92. The maximum absolute atomic E-state index is 12.8. The van der Waals surface area contributed by atoms with Crippen LogP contribution in [0.1, 0.15) is 24.1 Å². The van der Waals surface area contributed by atoms with E-state index in [2.05, 4.69) is 10.3 Å². The molecule has 4 rings (SSSR count). The molecular formula is C20H17ClN2O5. The zero-order valence-corrected chi connectivity index (χ0v) is 15.7. The van der Waals surface area contributed by atoms with Crippen LogP contribution in [0, 0.1) is 5.92 Å². The Labute approximate surface area is 166 Å². The van der Waals surface area contributed by atoms with Crippen LogP contribution < -0.4 is 14.8 Å². The van der Waals surface area contributed by atoms with Gasteiger partial charge in [-0.1, -0.05) is 29.8 Å². The van der Waals surface area contributed by atoms with Crippen molar-refractivity contribution < 1.29 is 23.8 Å². The maximum atomic E-state index is 12.8. The minimum absolute atomic E-state index is 0.0700. The molecule has 0 bridgehead atoms. The number of carbonyl (C=O) groups is 2. The fourth-order valence-corrected chi connectivity index (χ4v) is 3.37. The second-order valence-electron chi connectivity index (χ2n) is 6.50. The van der Waals surface area contributed by atoms with Crippen molar-refractivity contribution >= 4 is 29.3 Å². The summed E-state index contributed by atoms with van der Waals surface area (Å²) in [5.74, 6) is 0.0814. The second-order valence-corrected chi connectivity index (χ2v) is 6.94. The minimum atomic E-state index is -0.729. The Morgan fingerprint density at radius 1 is 1.21 bits per heavy atom. The fourth-order valence-electron chi connectivity index (χ4n) is 3.25. The Morgan fingerprint density at radius 2 is 1.96 bits per heavy atom. The molecule has 2 unspecified atom stereocenters. The van der Waals surface area contributed by atoms with Crippen molar-refractivity contribution in [1.29, 1.82) is 0 Å². The molecule has 0 spiro atoms. The van der Waals surface area contributed by atoms with Gasteiger partial charge in [0.25, 0.3) is 0 Å². The van der Waals surface area contributed by atoms with E-state index in [-0.39, 0.29) is 13.4 Å². The summed E-state index contributed by atoms with van der Waals surface area (Å²) in [6, 6.07) is 11.2. The van der Waals surface area contributed by atoms with Crippen LogP contribution in [0.2, 0.25) is 5.02 Å². The highest BCUT2D eigenvalue weighted by molar-refractivity contribution is 6.30. The third-order valence-electron chi connectivity index (χ3n) is 4.64. The van der Waals surface area contributed by atoms with E-state index in [1.165, 1.54) is 0 Å². The number of benzene rings is 2. The summed E-state index contributed by atoms with van der Waals surface area (Å²) >= 11 is 5.94. The first-order chi connectivity index (χ1) is 13.5. The van der Waals surface area contributed by atoms with E-state index in [4.69, 9.17) is 25.8 Å². The predicted molar refractivity (Wildman–Crippen MR) is 102 cm³/mol. The molecular weight excluding hydrogens is 384 g/mol. The highest BCUT2D eigenvalue weighted by atomic mass is 35.5. The van der Waals surface area contributed by atoms with Gasteiger partial charge < -0.3 is 19.5 Å². The first-order valence-electron chi connectivity index (χ1n) is 8.67. The van der Waals surface area contributed by atoms with E-state index < -0.39 is 24.0 Å². The number of amides is 2. The summed E-state index contributed by atoms with van der Waals surface area (Å²) in [4.78, 5) is 28.6. The maximum Gasteiger partial charge on any atom is 0.341 e. The second kappa shape index (κ2) is 7.52. The van der Waals surface area contributed by atoms with E-state index in [0.29, 0.717) is 22.2 Å². The van der Waals surface area contributed by atoms with Gasteiger partial charge in [-0.3, -0.25) is 4.79 Å². The van der Waals surface area contributed by atoms with Gasteiger partial charge in [-0.05, 0) is 42.3 Å². The molecule has 0 fully saturated rings. The number of carbonyl (C=O) groups excluding carboxylic acids is 2. The molecule has 8 heteroatoms. The van der Waals surface area contributed by atoms with Gasteiger partial charge in [0.15, 0.2) is 11.5 Å². The smallest absolute Gasteiger partial charge is 0.341 e. The largest absolute Gasteiger partial charge is 0.460 e. The van der Waals surface area contributed by atoms with Crippen LogP contribution >= 0.6 is 11.6 Å². The van der Waals surface area contributed by atoms with E-state index in [0.717, 1.165) is 11.1 Å². The average Bonchev–Trinajstić information content (AvgIpc) is 3.14. The SMILES string of the molecule is CC1=NC(=O)NC(c2ccc(Cl)cc2)C1C(=O)OCc1ccc2c(c1)OCO2. The summed E-state index contributed by atoms with van der Waals surface area (Å²) in [7, 11) is 0.